The van der Waals surface area contributed by atoms with Crippen LogP contribution in [0.1, 0.15) is 33.6 Å². The number of hydrogen-bond donors (Lipinski definition) is 0. The van der Waals surface area contributed by atoms with E-state index in [1.807, 2.05) is 6.08 Å². The Morgan fingerprint density at radius 1 is 1.19 bits per heavy atom. The Kier molecular flexibility index (Phi) is 3.15. The highest BCUT2D eigenvalue weighted by molar-refractivity contribution is 5.00. The molecule has 0 N–H and O–H groups in total. The molecule has 0 aromatic rings. The molecular formula is C14H26N2. The van der Waals surface area contributed by atoms with Crippen LogP contribution in [0, 0.1) is 5.41 Å². The number of rotatable bonds is 2. The molecule has 2 nitrogen and oxygen atoms in total. The average Bonchev–Trinajstić information content (AvgIpc) is 2.75. The number of hydrogen-bond acceptors (Lipinski definition) is 2. The summed E-state index contributed by atoms with van der Waals surface area (Å²) in [5, 5.41) is 0. The van der Waals surface area contributed by atoms with Crippen molar-refractivity contribution in [2.45, 2.75) is 39.2 Å². The molecule has 1 unspecified atom stereocenters. The summed E-state index contributed by atoms with van der Waals surface area (Å²) in [7, 11) is 0. The van der Waals surface area contributed by atoms with Crippen molar-refractivity contribution < 1.29 is 0 Å². The van der Waals surface area contributed by atoms with Crippen LogP contribution in [0.4, 0.5) is 0 Å². The van der Waals surface area contributed by atoms with Gasteiger partial charge < -0.3 is 0 Å². The maximum atomic E-state index is 3.84. The Bertz CT molecular complexity index is 266. The number of likely N-dealkylation sites (tertiary alicyclic amines) is 2. The van der Waals surface area contributed by atoms with Crippen LogP contribution in [-0.4, -0.2) is 48.1 Å². The van der Waals surface area contributed by atoms with E-state index in [9.17, 15) is 0 Å². The van der Waals surface area contributed by atoms with E-state index < -0.39 is 0 Å². The van der Waals surface area contributed by atoms with Crippen LogP contribution in [0.3, 0.4) is 0 Å². The Labute approximate surface area is 100 Å². The van der Waals surface area contributed by atoms with Crippen LogP contribution >= 0.6 is 0 Å². The van der Waals surface area contributed by atoms with E-state index in [1.54, 1.807) is 0 Å². The van der Waals surface area contributed by atoms with Gasteiger partial charge in [-0.25, -0.2) is 0 Å². The van der Waals surface area contributed by atoms with Crippen molar-refractivity contribution in [2.75, 3.05) is 32.7 Å². The Morgan fingerprint density at radius 3 is 2.44 bits per heavy atom. The lowest BCUT2D eigenvalue weighted by molar-refractivity contribution is 0.149. The molecule has 0 bridgehead atoms. The summed E-state index contributed by atoms with van der Waals surface area (Å²) in [6.45, 7) is 17.0. The third-order valence-corrected chi connectivity index (χ3v) is 4.29. The van der Waals surface area contributed by atoms with Gasteiger partial charge in [0.1, 0.15) is 0 Å². The Morgan fingerprint density at radius 2 is 1.88 bits per heavy atom. The van der Waals surface area contributed by atoms with Crippen LogP contribution in [0.5, 0.6) is 0 Å². The molecule has 2 aliphatic heterocycles. The topological polar surface area (TPSA) is 6.48 Å². The van der Waals surface area contributed by atoms with E-state index in [0.29, 0.717) is 11.0 Å². The normalized spacial score (nSPS) is 32.7. The summed E-state index contributed by atoms with van der Waals surface area (Å²) in [5.41, 5.74) is 0.936. The minimum Gasteiger partial charge on any atom is -0.299 e. The maximum absolute atomic E-state index is 3.84. The molecule has 0 aromatic carbocycles. The van der Waals surface area contributed by atoms with Crippen LogP contribution in [0.25, 0.3) is 0 Å². The van der Waals surface area contributed by atoms with Crippen molar-refractivity contribution in [2.24, 2.45) is 5.41 Å². The van der Waals surface area contributed by atoms with Crippen molar-refractivity contribution >= 4 is 0 Å². The van der Waals surface area contributed by atoms with Crippen molar-refractivity contribution in [1.29, 1.82) is 0 Å². The summed E-state index contributed by atoms with van der Waals surface area (Å²) in [4.78, 5) is 5.21. The fourth-order valence-corrected chi connectivity index (χ4v) is 3.21. The standard InChI is InChI=1S/C14H26N2/c1-5-8-15-9-6-14(11-15)7-10-16(12-14)13(2,3)4/h5H,1,6-12H2,2-4H3. The first-order valence-corrected chi connectivity index (χ1v) is 6.54. The first-order chi connectivity index (χ1) is 7.45. The van der Waals surface area contributed by atoms with Crippen molar-refractivity contribution in [3.8, 4) is 0 Å². The summed E-state index contributed by atoms with van der Waals surface area (Å²) in [6, 6.07) is 0. The lowest BCUT2D eigenvalue weighted by atomic mass is 9.86. The van der Waals surface area contributed by atoms with Crippen LogP contribution in [0.2, 0.25) is 0 Å². The van der Waals surface area contributed by atoms with E-state index in [2.05, 4.69) is 37.1 Å². The summed E-state index contributed by atoms with van der Waals surface area (Å²) < 4.78 is 0. The molecule has 0 amide bonds. The molecule has 1 atom stereocenters. The molecule has 2 saturated heterocycles. The molecule has 2 aliphatic rings. The fraction of sp³-hybridized carbons (Fsp3) is 0.857. The molecule has 16 heavy (non-hydrogen) atoms. The second-order valence-corrected chi connectivity index (χ2v) is 6.62. The molecule has 2 heteroatoms. The molecule has 2 fully saturated rings. The van der Waals surface area contributed by atoms with Gasteiger partial charge in [-0.05, 0) is 52.1 Å². The molecule has 0 aliphatic carbocycles. The molecule has 0 radical (unpaired) electrons. The van der Waals surface area contributed by atoms with Gasteiger partial charge >= 0.3 is 0 Å². The first kappa shape index (κ1) is 12.1. The lowest BCUT2D eigenvalue weighted by Crippen LogP contribution is -2.41. The zero-order chi connectivity index (χ0) is 11.8. The van der Waals surface area contributed by atoms with E-state index in [4.69, 9.17) is 0 Å². The summed E-state index contributed by atoms with van der Waals surface area (Å²) in [6.07, 6.45) is 4.81. The Hall–Kier alpha value is -0.340. The molecule has 2 heterocycles. The fourth-order valence-electron chi connectivity index (χ4n) is 3.21. The van der Waals surface area contributed by atoms with Gasteiger partial charge in [-0.15, -0.1) is 6.58 Å². The highest BCUT2D eigenvalue weighted by atomic mass is 15.2. The summed E-state index contributed by atoms with van der Waals surface area (Å²) in [5.74, 6) is 0. The van der Waals surface area contributed by atoms with E-state index in [-0.39, 0.29) is 0 Å². The lowest BCUT2D eigenvalue weighted by Gasteiger charge is -2.33. The molecule has 92 valence electrons. The van der Waals surface area contributed by atoms with Crippen LogP contribution < -0.4 is 0 Å². The minimum atomic E-state index is 0.343. The van der Waals surface area contributed by atoms with Crippen LogP contribution in [-0.2, 0) is 0 Å². The van der Waals surface area contributed by atoms with Crippen LogP contribution in [0.15, 0.2) is 12.7 Å². The van der Waals surface area contributed by atoms with Gasteiger partial charge in [0.15, 0.2) is 0 Å². The van der Waals surface area contributed by atoms with E-state index >= 15 is 0 Å². The van der Waals surface area contributed by atoms with Gasteiger partial charge in [0.2, 0.25) is 0 Å². The predicted molar refractivity (Wildman–Crippen MR) is 69.6 cm³/mol. The molecule has 2 rings (SSSR count). The third-order valence-electron chi connectivity index (χ3n) is 4.29. The second kappa shape index (κ2) is 4.15. The van der Waals surface area contributed by atoms with Gasteiger partial charge in [0.05, 0.1) is 0 Å². The third kappa shape index (κ3) is 2.33. The zero-order valence-electron chi connectivity index (χ0n) is 11.1. The molecule has 1 spiro atoms. The molecular weight excluding hydrogens is 196 g/mol. The van der Waals surface area contributed by atoms with Crippen molar-refractivity contribution in [1.82, 2.24) is 9.80 Å². The first-order valence-electron chi connectivity index (χ1n) is 6.54. The largest absolute Gasteiger partial charge is 0.299 e. The van der Waals surface area contributed by atoms with Crippen molar-refractivity contribution in [3.63, 3.8) is 0 Å². The van der Waals surface area contributed by atoms with E-state index in [1.165, 1.54) is 39.0 Å². The van der Waals surface area contributed by atoms with Gasteiger partial charge in [0.25, 0.3) is 0 Å². The van der Waals surface area contributed by atoms with Crippen molar-refractivity contribution in [3.05, 3.63) is 12.7 Å². The van der Waals surface area contributed by atoms with Gasteiger partial charge in [0, 0.05) is 25.2 Å². The van der Waals surface area contributed by atoms with Gasteiger partial charge in [-0.1, -0.05) is 6.08 Å². The summed E-state index contributed by atoms with van der Waals surface area (Å²) >= 11 is 0. The van der Waals surface area contributed by atoms with Gasteiger partial charge in [-0.2, -0.15) is 0 Å². The molecule has 0 aromatic heterocycles. The van der Waals surface area contributed by atoms with E-state index in [0.717, 1.165) is 6.54 Å². The smallest absolute Gasteiger partial charge is 0.0160 e. The maximum Gasteiger partial charge on any atom is 0.0160 e. The molecule has 0 saturated carbocycles. The predicted octanol–water partition coefficient (Wildman–Crippen LogP) is 2.37. The van der Waals surface area contributed by atoms with Gasteiger partial charge in [-0.3, -0.25) is 9.80 Å². The monoisotopic (exact) mass is 222 g/mol. The highest BCUT2D eigenvalue weighted by Crippen LogP contribution is 2.41. The highest BCUT2D eigenvalue weighted by Gasteiger charge is 2.45. The second-order valence-electron chi connectivity index (χ2n) is 6.62. The number of nitrogens with zero attached hydrogens (tertiary/aromatic N) is 2. The Balaban J connectivity index is 1.95. The quantitative estimate of drug-likeness (QED) is 0.662. The minimum absolute atomic E-state index is 0.343. The zero-order valence-corrected chi connectivity index (χ0v) is 11.1. The average molecular weight is 222 g/mol. The SMILES string of the molecule is C=CCN1CCC2(CCN(C(C)(C)C)C2)C1.